The topological polar surface area (TPSA) is 81.4 Å². The van der Waals surface area contributed by atoms with Crippen molar-refractivity contribution in [2.75, 3.05) is 0 Å². The molecule has 3 N–H and O–H groups in total. The first-order valence-electron chi connectivity index (χ1n) is 6.40. The van der Waals surface area contributed by atoms with Crippen molar-refractivity contribution in [1.82, 2.24) is 5.32 Å². The van der Waals surface area contributed by atoms with E-state index < -0.39 is 18.0 Å². The van der Waals surface area contributed by atoms with Crippen LogP contribution in [0.2, 0.25) is 0 Å². The molecule has 1 aromatic carbocycles. The first kappa shape index (κ1) is 15.0. The quantitative estimate of drug-likeness (QED) is 0.789. The highest BCUT2D eigenvalue weighted by Crippen LogP contribution is 2.03. The van der Waals surface area contributed by atoms with Crippen LogP contribution in [0.5, 0.6) is 0 Å². The summed E-state index contributed by atoms with van der Waals surface area (Å²) >= 11 is 0. The van der Waals surface area contributed by atoms with E-state index in [1.807, 2.05) is 37.3 Å². The number of ether oxygens (including phenoxy) is 1. The molecular weight excluding hydrogens is 244 g/mol. The van der Waals surface area contributed by atoms with Gasteiger partial charge in [-0.25, -0.2) is 4.79 Å². The van der Waals surface area contributed by atoms with Crippen molar-refractivity contribution in [3.8, 4) is 0 Å². The molecule has 1 atom stereocenters. The second-order valence-electron chi connectivity index (χ2n) is 4.30. The van der Waals surface area contributed by atoms with E-state index in [1.54, 1.807) is 0 Å². The molecular formula is C14H20N2O3. The number of unbranched alkanes of at least 4 members (excludes halogenated alkanes) is 1. The van der Waals surface area contributed by atoms with Gasteiger partial charge < -0.3 is 15.8 Å². The third kappa shape index (κ3) is 5.90. The van der Waals surface area contributed by atoms with Crippen LogP contribution in [0.3, 0.4) is 0 Å². The monoisotopic (exact) mass is 264 g/mol. The van der Waals surface area contributed by atoms with Crippen molar-refractivity contribution in [3.05, 3.63) is 35.9 Å². The summed E-state index contributed by atoms with van der Waals surface area (Å²) in [6, 6.07) is 8.67. The van der Waals surface area contributed by atoms with Gasteiger partial charge in [-0.05, 0) is 12.0 Å². The molecule has 0 aliphatic carbocycles. The number of alkyl carbamates (subject to hydrolysis) is 1. The van der Waals surface area contributed by atoms with E-state index in [-0.39, 0.29) is 6.61 Å². The highest BCUT2D eigenvalue weighted by molar-refractivity contribution is 5.84. The Hall–Kier alpha value is -2.04. The fraction of sp³-hybridized carbons (Fsp3) is 0.429. The molecule has 0 bridgehead atoms. The zero-order chi connectivity index (χ0) is 14.1. The molecule has 1 aromatic rings. The number of amides is 2. The van der Waals surface area contributed by atoms with E-state index in [1.165, 1.54) is 0 Å². The Morgan fingerprint density at radius 3 is 2.58 bits per heavy atom. The molecule has 19 heavy (non-hydrogen) atoms. The molecule has 0 fully saturated rings. The number of carbonyl (C=O) groups excluding carboxylic acids is 2. The number of nitrogens with one attached hydrogen (secondary N) is 1. The van der Waals surface area contributed by atoms with Gasteiger partial charge in [-0.15, -0.1) is 0 Å². The lowest BCUT2D eigenvalue weighted by molar-refractivity contribution is -0.120. The number of hydrogen-bond acceptors (Lipinski definition) is 3. The first-order chi connectivity index (χ1) is 9.13. The number of carbonyl (C=O) groups is 2. The van der Waals surface area contributed by atoms with Gasteiger partial charge in [0.15, 0.2) is 0 Å². The molecule has 5 heteroatoms. The van der Waals surface area contributed by atoms with Gasteiger partial charge in [0, 0.05) is 0 Å². The molecule has 0 heterocycles. The highest BCUT2D eigenvalue weighted by Gasteiger charge is 2.17. The molecule has 2 amide bonds. The van der Waals surface area contributed by atoms with Crippen LogP contribution < -0.4 is 11.1 Å². The maximum atomic E-state index is 11.6. The van der Waals surface area contributed by atoms with Crippen LogP contribution in [-0.4, -0.2) is 18.0 Å². The average molecular weight is 264 g/mol. The van der Waals surface area contributed by atoms with Gasteiger partial charge in [-0.3, -0.25) is 4.79 Å². The highest BCUT2D eigenvalue weighted by atomic mass is 16.5. The van der Waals surface area contributed by atoms with Crippen molar-refractivity contribution in [2.45, 2.75) is 38.8 Å². The summed E-state index contributed by atoms with van der Waals surface area (Å²) in [5.74, 6) is -0.537. The van der Waals surface area contributed by atoms with Crippen molar-refractivity contribution < 1.29 is 14.3 Å². The molecule has 0 spiro atoms. The summed E-state index contributed by atoms with van der Waals surface area (Å²) in [4.78, 5) is 22.7. The first-order valence-corrected chi connectivity index (χ1v) is 6.40. The molecule has 0 saturated heterocycles. The lowest BCUT2D eigenvalue weighted by atomic mass is 10.1. The van der Waals surface area contributed by atoms with Crippen LogP contribution in [0.25, 0.3) is 0 Å². The SMILES string of the molecule is CCCCC(NC(=O)OCc1ccccc1)C(N)=O. The van der Waals surface area contributed by atoms with Crippen LogP contribution in [0.15, 0.2) is 30.3 Å². The fourth-order valence-corrected chi connectivity index (χ4v) is 1.60. The lowest BCUT2D eigenvalue weighted by Crippen LogP contribution is -2.44. The molecule has 5 nitrogen and oxygen atoms in total. The maximum absolute atomic E-state index is 11.6. The second kappa shape index (κ2) is 8.13. The largest absolute Gasteiger partial charge is 0.445 e. The molecule has 1 rings (SSSR count). The molecule has 0 aliphatic heterocycles. The van der Waals surface area contributed by atoms with E-state index in [2.05, 4.69) is 5.32 Å². The van der Waals surface area contributed by atoms with E-state index in [0.717, 1.165) is 18.4 Å². The fourth-order valence-electron chi connectivity index (χ4n) is 1.60. The Kier molecular flexibility index (Phi) is 6.43. The molecule has 0 radical (unpaired) electrons. The summed E-state index contributed by atoms with van der Waals surface area (Å²) in [6.45, 7) is 2.18. The number of rotatable bonds is 7. The number of benzene rings is 1. The van der Waals surface area contributed by atoms with Crippen molar-refractivity contribution in [2.24, 2.45) is 5.73 Å². The van der Waals surface area contributed by atoms with Gasteiger partial charge in [0.25, 0.3) is 0 Å². The Morgan fingerprint density at radius 2 is 2.00 bits per heavy atom. The zero-order valence-corrected chi connectivity index (χ0v) is 11.1. The molecule has 0 aromatic heterocycles. The van der Waals surface area contributed by atoms with Gasteiger partial charge in [0.1, 0.15) is 12.6 Å². The van der Waals surface area contributed by atoms with Gasteiger partial charge in [-0.1, -0.05) is 50.1 Å². The predicted molar refractivity (Wildman–Crippen MR) is 72.3 cm³/mol. The van der Waals surface area contributed by atoms with Crippen LogP contribution in [0.1, 0.15) is 31.7 Å². The maximum Gasteiger partial charge on any atom is 0.408 e. The van der Waals surface area contributed by atoms with Gasteiger partial charge in [0.2, 0.25) is 5.91 Å². The third-order valence-corrected chi connectivity index (χ3v) is 2.69. The standard InChI is InChI=1S/C14H20N2O3/c1-2-3-9-12(13(15)17)16-14(18)19-10-11-7-5-4-6-8-11/h4-8,12H,2-3,9-10H2,1H3,(H2,15,17)(H,16,18). The Labute approximate surface area is 113 Å². The van der Waals surface area contributed by atoms with Crippen molar-refractivity contribution in [3.63, 3.8) is 0 Å². The van der Waals surface area contributed by atoms with Crippen LogP contribution in [0, 0.1) is 0 Å². The summed E-state index contributed by atoms with van der Waals surface area (Å²) in [5.41, 5.74) is 6.11. The van der Waals surface area contributed by atoms with E-state index in [0.29, 0.717) is 6.42 Å². The minimum Gasteiger partial charge on any atom is -0.445 e. The van der Waals surface area contributed by atoms with E-state index >= 15 is 0 Å². The normalized spacial score (nSPS) is 11.6. The smallest absolute Gasteiger partial charge is 0.408 e. The molecule has 1 unspecified atom stereocenters. The Balaban J connectivity index is 2.38. The summed E-state index contributed by atoms with van der Waals surface area (Å²) in [7, 11) is 0. The van der Waals surface area contributed by atoms with Gasteiger partial charge in [-0.2, -0.15) is 0 Å². The number of nitrogens with two attached hydrogens (primary N) is 1. The minimum absolute atomic E-state index is 0.173. The van der Waals surface area contributed by atoms with Crippen LogP contribution in [-0.2, 0) is 16.1 Å². The van der Waals surface area contributed by atoms with Crippen molar-refractivity contribution >= 4 is 12.0 Å². The molecule has 104 valence electrons. The lowest BCUT2D eigenvalue weighted by Gasteiger charge is -2.15. The zero-order valence-electron chi connectivity index (χ0n) is 11.1. The molecule has 0 aliphatic rings. The van der Waals surface area contributed by atoms with Gasteiger partial charge in [0.05, 0.1) is 0 Å². The number of hydrogen-bond donors (Lipinski definition) is 2. The second-order valence-corrected chi connectivity index (χ2v) is 4.30. The number of primary amides is 1. The van der Waals surface area contributed by atoms with Crippen LogP contribution >= 0.6 is 0 Å². The minimum atomic E-state index is -0.664. The average Bonchev–Trinajstić information content (AvgIpc) is 2.42. The molecule has 0 saturated carbocycles. The Bertz CT molecular complexity index is 406. The Morgan fingerprint density at radius 1 is 1.32 bits per heavy atom. The summed E-state index contributed by atoms with van der Waals surface area (Å²) in [6.07, 6.45) is 1.67. The summed E-state index contributed by atoms with van der Waals surface area (Å²) in [5, 5.41) is 2.49. The van der Waals surface area contributed by atoms with Gasteiger partial charge >= 0.3 is 6.09 Å². The van der Waals surface area contributed by atoms with E-state index in [9.17, 15) is 9.59 Å². The van der Waals surface area contributed by atoms with Crippen molar-refractivity contribution in [1.29, 1.82) is 0 Å². The van der Waals surface area contributed by atoms with Crippen LogP contribution in [0.4, 0.5) is 4.79 Å². The third-order valence-electron chi connectivity index (χ3n) is 2.69. The van der Waals surface area contributed by atoms with E-state index in [4.69, 9.17) is 10.5 Å². The predicted octanol–water partition coefficient (Wildman–Crippen LogP) is 1.96. The summed E-state index contributed by atoms with van der Waals surface area (Å²) < 4.78 is 5.03.